The Balaban J connectivity index is 1.90. The molecule has 3 aliphatic carbocycles. The van der Waals surface area contributed by atoms with E-state index in [1.807, 2.05) is 0 Å². The predicted octanol–water partition coefficient (Wildman–Crippen LogP) is 2.93. The summed E-state index contributed by atoms with van der Waals surface area (Å²) in [5.74, 6) is 5.59. The molecule has 0 amide bonds. The zero-order valence-corrected chi connectivity index (χ0v) is 7.80. The maximum Gasteiger partial charge on any atom is -0.0201 e. The topological polar surface area (TPSA) is 0 Å². The highest BCUT2D eigenvalue weighted by atomic mass is 14.9. The summed E-state index contributed by atoms with van der Waals surface area (Å²) >= 11 is 0. The van der Waals surface area contributed by atoms with Gasteiger partial charge in [0.1, 0.15) is 0 Å². The largest absolute Gasteiger partial charge is 0.0651 e. The first-order valence-corrected chi connectivity index (χ1v) is 5.23. The monoisotopic (exact) mass is 150 g/mol. The van der Waals surface area contributed by atoms with Crippen molar-refractivity contribution in [2.45, 2.75) is 33.6 Å². The van der Waals surface area contributed by atoms with Crippen LogP contribution in [-0.2, 0) is 0 Å². The zero-order valence-electron chi connectivity index (χ0n) is 7.80. The molecule has 0 aromatic carbocycles. The van der Waals surface area contributed by atoms with Crippen LogP contribution >= 0.6 is 0 Å². The SMILES string of the molecule is CCC1C(C)C2C3CC32C1C. The van der Waals surface area contributed by atoms with E-state index in [2.05, 4.69) is 20.8 Å². The number of rotatable bonds is 1. The maximum atomic E-state index is 2.51. The van der Waals surface area contributed by atoms with Crippen molar-refractivity contribution in [3.05, 3.63) is 0 Å². The Labute approximate surface area is 69.4 Å². The van der Waals surface area contributed by atoms with Crippen molar-refractivity contribution in [1.82, 2.24) is 0 Å². The molecule has 1 spiro atoms. The van der Waals surface area contributed by atoms with Crippen LogP contribution in [0, 0.1) is 35.0 Å². The molecule has 3 aliphatic rings. The van der Waals surface area contributed by atoms with Crippen LogP contribution < -0.4 is 0 Å². The van der Waals surface area contributed by atoms with Crippen LogP contribution in [-0.4, -0.2) is 0 Å². The molecule has 0 N–H and O–H groups in total. The van der Waals surface area contributed by atoms with Crippen LogP contribution in [0.5, 0.6) is 0 Å². The Morgan fingerprint density at radius 3 is 2.45 bits per heavy atom. The maximum absolute atomic E-state index is 2.51. The molecule has 3 saturated carbocycles. The molecule has 3 fully saturated rings. The second kappa shape index (κ2) is 1.53. The van der Waals surface area contributed by atoms with Crippen molar-refractivity contribution < 1.29 is 0 Å². The molecule has 0 heteroatoms. The predicted molar refractivity (Wildman–Crippen MR) is 46.1 cm³/mol. The Bertz CT molecular complexity index is 208. The van der Waals surface area contributed by atoms with Gasteiger partial charge < -0.3 is 0 Å². The average molecular weight is 150 g/mol. The number of hydrogen-bond acceptors (Lipinski definition) is 0. The van der Waals surface area contributed by atoms with Crippen LogP contribution in [0.4, 0.5) is 0 Å². The van der Waals surface area contributed by atoms with Crippen LogP contribution in [0.2, 0.25) is 0 Å². The van der Waals surface area contributed by atoms with Gasteiger partial charge in [-0.25, -0.2) is 0 Å². The van der Waals surface area contributed by atoms with Crippen molar-refractivity contribution in [3.8, 4) is 0 Å². The molecule has 6 unspecified atom stereocenters. The second-order valence-corrected chi connectivity index (χ2v) is 5.17. The summed E-state index contributed by atoms with van der Waals surface area (Å²) in [6.07, 6.45) is 3.02. The molecule has 0 saturated heterocycles. The third-order valence-electron chi connectivity index (χ3n) is 5.25. The van der Waals surface area contributed by atoms with Gasteiger partial charge in [0.15, 0.2) is 0 Å². The van der Waals surface area contributed by atoms with Crippen LogP contribution in [0.1, 0.15) is 33.6 Å². The molecule has 11 heavy (non-hydrogen) atoms. The minimum atomic E-state index is 0.931. The van der Waals surface area contributed by atoms with Gasteiger partial charge in [-0.3, -0.25) is 0 Å². The van der Waals surface area contributed by atoms with Crippen molar-refractivity contribution in [2.24, 2.45) is 35.0 Å². The molecule has 3 rings (SSSR count). The van der Waals surface area contributed by atoms with Crippen LogP contribution in [0.3, 0.4) is 0 Å². The lowest BCUT2D eigenvalue weighted by Crippen LogP contribution is -2.14. The molecule has 0 nitrogen and oxygen atoms in total. The Kier molecular flexibility index (Phi) is 0.906. The average Bonchev–Trinajstić information content (AvgIpc) is 2.70. The van der Waals surface area contributed by atoms with Gasteiger partial charge in [-0.1, -0.05) is 27.2 Å². The first kappa shape index (κ1) is 6.51. The van der Waals surface area contributed by atoms with E-state index in [4.69, 9.17) is 0 Å². The van der Waals surface area contributed by atoms with Gasteiger partial charge in [-0.15, -0.1) is 0 Å². The van der Waals surface area contributed by atoms with Gasteiger partial charge >= 0.3 is 0 Å². The highest BCUT2D eigenvalue weighted by molar-refractivity contribution is 5.32. The first-order valence-electron chi connectivity index (χ1n) is 5.23. The molecule has 0 heterocycles. The van der Waals surface area contributed by atoms with E-state index in [-0.39, 0.29) is 0 Å². The van der Waals surface area contributed by atoms with Crippen LogP contribution in [0.15, 0.2) is 0 Å². The normalized spacial score (nSPS) is 70.6. The molecule has 6 atom stereocenters. The lowest BCUT2D eigenvalue weighted by molar-refractivity contribution is 0.279. The zero-order chi connectivity index (χ0) is 7.80. The van der Waals surface area contributed by atoms with E-state index in [0.717, 1.165) is 23.2 Å². The summed E-state index contributed by atoms with van der Waals surface area (Å²) in [4.78, 5) is 0. The fourth-order valence-electron chi connectivity index (χ4n) is 4.53. The first-order chi connectivity index (χ1) is 5.23. The molecule has 62 valence electrons. The van der Waals surface area contributed by atoms with Crippen LogP contribution in [0.25, 0.3) is 0 Å². The van der Waals surface area contributed by atoms with E-state index in [1.165, 1.54) is 18.3 Å². The second-order valence-electron chi connectivity index (χ2n) is 5.17. The van der Waals surface area contributed by atoms with Gasteiger partial charge in [-0.05, 0) is 41.4 Å². The summed E-state index contributed by atoms with van der Waals surface area (Å²) in [5, 5.41) is 0. The van der Waals surface area contributed by atoms with Gasteiger partial charge in [0.25, 0.3) is 0 Å². The molecule has 0 bridgehead atoms. The van der Waals surface area contributed by atoms with Gasteiger partial charge in [0.05, 0.1) is 0 Å². The minimum absolute atomic E-state index is 0.931. The Morgan fingerprint density at radius 1 is 1.36 bits per heavy atom. The summed E-state index contributed by atoms with van der Waals surface area (Å²) in [7, 11) is 0. The molecule has 0 aromatic heterocycles. The summed E-state index contributed by atoms with van der Waals surface area (Å²) in [5.41, 5.74) is 0.931. The standard InChI is InChI=1S/C11H18/c1-4-8-6(2)10-9-5-11(9,10)7(8)3/h6-10H,4-5H2,1-3H3. The summed E-state index contributed by atoms with van der Waals surface area (Å²) < 4.78 is 0. The highest BCUT2D eigenvalue weighted by Crippen LogP contribution is 2.90. The molecule has 0 aliphatic heterocycles. The van der Waals surface area contributed by atoms with E-state index in [1.54, 1.807) is 6.42 Å². The highest BCUT2D eigenvalue weighted by Gasteiger charge is 2.85. The molecular weight excluding hydrogens is 132 g/mol. The lowest BCUT2D eigenvalue weighted by Gasteiger charge is -2.21. The quantitative estimate of drug-likeness (QED) is 0.539. The Hall–Kier alpha value is 0. The fourth-order valence-corrected chi connectivity index (χ4v) is 4.53. The lowest BCUT2D eigenvalue weighted by atomic mass is 9.84. The van der Waals surface area contributed by atoms with Gasteiger partial charge in [0.2, 0.25) is 0 Å². The smallest absolute Gasteiger partial charge is 0.0201 e. The van der Waals surface area contributed by atoms with Gasteiger partial charge in [-0.2, -0.15) is 0 Å². The van der Waals surface area contributed by atoms with E-state index in [0.29, 0.717) is 0 Å². The third kappa shape index (κ3) is 0.467. The van der Waals surface area contributed by atoms with Crippen molar-refractivity contribution in [1.29, 1.82) is 0 Å². The number of hydrogen-bond donors (Lipinski definition) is 0. The molecule has 0 aromatic rings. The van der Waals surface area contributed by atoms with Crippen molar-refractivity contribution >= 4 is 0 Å². The summed E-state index contributed by atoms with van der Waals surface area (Å²) in [6.45, 7) is 7.38. The minimum Gasteiger partial charge on any atom is -0.0651 e. The van der Waals surface area contributed by atoms with E-state index in [9.17, 15) is 0 Å². The van der Waals surface area contributed by atoms with Crippen molar-refractivity contribution in [2.75, 3.05) is 0 Å². The fraction of sp³-hybridized carbons (Fsp3) is 1.00. The Morgan fingerprint density at radius 2 is 2.09 bits per heavy atom. The van der Waals surface area contributed by atoms with E-state index >= 15 is 0 Å². The summed E-state index contributed by atoms with van der Waals surface area (Å²) in [6, 6.07) is 0. The number of fused-ring (bicyclic) bond motifs is 1. The molecular formula is C11H18. The van der Waals surface area contributed by atoms with Gasteiger partial charge in [0, 0.05) is 0 Å². The third-order valence-corrected chi connectivity index (χ3v) is 5.25. The van der Waals surface area contributed by atoms with E-state index < -0.39 is 0 Å². The molecule has 0 radical (unpaired) electrons. The van der Waals surface area contributed by atoms with Crippen molar-refractivity contribution in [3.63, 3.8) is 0 Å².